The number of hydrogen-bond donors (Lipinski definition) is 1. The summed E-state index contributed by atoms with van der Waals surface area (Å²) >= 11 is 0. The van der Waals surface area contributed by atoms with Crippen molar-refractivity contribution in [2.24, 2.45) is 0 Å². The third-order valence-corrected chi connectivity index (χ3v) is 3.08. The van der Waals surface area contributed by atoms with Gasteiger partial charge >= 0.3 is 0 Å². The van der Waals surface area contributed by atoms with Gasteiger partial charge in [0.05, 0.1) is 11.0 Å². The average molecular weight is 221 g/mol. The molecule has 0 saturated carbocycles. The predicted molar refractivity (Wildman–Crippen MR) is 62.9 cm³/mol. The molecular weight excluding hydrogens is 206 g/mol. The van der Waals surface area contributed by atoms with E-state index in [0.717, 1.165) is 24.3 Å². The number of nitro benzene ring substituents is 1. The topological polar surface area (TPSA) is 58.4 Å². The summed E-state index contributed by atoms with van der Waals surface area (Å²) in [5, 5.41) is 13.8. The fourth-order valence-electron chi connectivity index (χ4n) is 1.89. The van der Waals surface area contributed by atoms with Crippen LogP contribution in [0.5, 0.6) is 0 Å². The molecule has 5 heteroatoms. The van der Waals surface area contributed by atoms with E-state index in [1.807, 2.05) is 20.0 Å². The molecule has 1 saturated heterocycles. The van der Waals surface area contributed by atoms with Crippen LogP contribution in [0, 0.1) is 17.0 Å². The third kappa shape index (κ3) is 1.86. The average Bonchev–Trinajstić information content (AvgIpc) is 2.14. The summed E-state index contributed by atoms with van der Waals surface area (Å²) in [6.45, 7) is 3.87. The van der Waals surface area contributed by atoms with Crippen molar-refractivity contribution in [3.8, 4) is 0 Å². The lowest BCUT2D eigenvalue weighted by molar-refractivity contribution is -0.384. The SMILES string of the molecule is Cc1cc([N+](=O)[O-])ccc1N(C)C1CNC1. The van der Waals surface area contributed by atoms with Crippen molar-refractivity contribution in [2.75, 3.05) is 25.0 Å². The van der Waals surface area contributed by atoms with Crippen molar-refractivity contribution in [3.05, 3.63) is 33.9 Å². The van der Waals surface area contributed by atoms with Crippen LogP contribution in [0.3, 0.4) is 0 Å². The number of likely N-dealkylation sites (N-methyl/N-ethyl adjacent to an activating group) is 1. The van der Waals surface area contributed by atoms with E-state index in [-0.39, 0.29) is 10.6 Å². The Kier molecular flexibility index (Phi) is 2.78. The Hall–Kier alpha value is -1.62. The molecule has 1 aromatic carbocycles. The fourth-order valence-corrected chi connectivity index (χ4v) is 1.89. The standard InChI is InChI=1S/C11H15N3O2/c1-8-5-9(14(15)16)3-4-11(8)13(2)10-6-12-7-10/h3-5,10,12H,6-7H2,1-2H3. The Morgan fingerprint density at radius 1 is 1.50 bits per heavy atom. The zero-order valence-electron chi connectivity index (χ0n) is 9.43. The van der Waals surface area contributed by atoms with Crippen LogP contribution in [0.4, 0.5) is 11.4 Å². The van der Waals surface area contributed by atoms with Crippen LogP contribution in [0.2, 0.25) is 0 Å². The molecule has 1 aliphatic heterocycles. The molecule has 1 N–H and O–H groups in total. The Balaban J connectivity index is 2.24. The highest BCUT2D eigenvalue weighted by atomic mass is 16.6. The van der Waals surface area contributed by atoms with Gasteiger partial charge < -0.3 is 10.2 Å². The van der Waals surface area contributed by atoms with Crippen molar-refractivity contribution in [1.29, 1.82) is 0 Å². The molecule has 0 amide bonds. The van der Waals surface area contributed by atoms with Crippen molar-refractivity contribution < 1.29 is 4.92 Å². The molecule has 0 aliphatic carbocycles. The molecule has 86 valence electrons. The van der Waals surface area contributed by atoms with Crippen LogP contribution in [0.25, 0.3) is 0 Å². The molecule has 0 atom stereocenters. The van der Waals surface area contributed by atoms with Crippen molar-refractivity contribution in [2.45, 2.75) is 13.0 Å². The number of aryl methyl sites for hydroxylation is 1. The Morgan fingerprint density at radius 3 is 2.62 bits per heavy atom. The monoisotopic (exact) mass is 221 g/mol. The van der Waals surface area contributed by atoms with Gasteiger partial charge in [0.15, 0.2) is 0 Å². The minimum Gasteiger partial charge on any atom is -0.369 e. The molecule has 1 aliphatic rings. The summed E-state index contributed by atoms with van der Waals surface area (Å²) in [7, 11) is 2.03. The molecule has 0 bridgehead atoms. The summed E-state index contributed by atoms with van der Waals surface area (Å²) in [5.41, 5.74) is 2.17. The van der Waals surface area contributed by atoms with E-state index in [9.17, 15) is 10.1 Å². The molecule has 5 nitrogen and oxygen atoms in total. The number of benzene rings is 1. The smallest absolute Gasteiger partial charge is 0.269 e. The fraction of sp³-hybridized carbons (Fsp3) is 0.455. The number of nitrogens with zero attached hydrogens (tertiary/aromatic N) is 2. The summed E-state index contributed by atoms with van der Waals surface area (Å²) in [5.74, 6) is 0. The van der Waals surface area contributed by atoms with E-state index in [1.54, 1.807) is 12.1 Å². The lowest BCUT2D eigenvalue weighted by Crippen LogP contribution is -2.56. The molecular formula is C11H15N3O2. The maximum absolute atomic E-state index is 10.6. The number of nitro groups is 1. The summed E-state index contributed by atoms with van der Waals surface area (Å²) in [4.78, 5) is 12.4. The van der Waals surface area contributed by atoms with Gasteiger partial charge in [0.1, 0.15) is 0 Å². The first kappa shape index (κ1) is 10.9. The van der Waals surface area contributed by atoms with Gasteiger partial charge in [-0.3, -0.25) is 10.1 Å². The zero-order valence-corrected chi connectivity index (χ0v) is 9.43. The van der Waals surface area contributed by atoms with Crippen molar-refractivity contribution >= 4 is 11.4 Å². The number of anilines is 1. The van der Waals surface area contributed by atoms with E-state index >= 15 is 0 Å². The number of hydrogen-bond acceptors (Lipinski definition) is 4. The van der Waals surface area contributed by atoms with Crippen LogP contribution in [0.15, 0.2) is 18.2 Å². The first-order valence-corrected chi connectivity index (χ1v) is 5.28. The molecule has 2 rings (SSSR count). The lowest BCUT2D eigenvalue weighted by Gasteiger charge is -2.37. The maximum Gasteiger partial charge on any atom is 0.269 e. The highest BCUT2D eigenvalue weighted by Crippen LogP contribution is 2.25. The van der Waals surface area contributed by atoms with Crippen LogP contribution in [-0.2, 0) is 0 Å². The Labute approximate surface area is 94.2 Å². The second kappa shape index (κ2) is 4.09. The molecule has 1 heterocycles. The zero-order chi connectivity index (χ0) is 11.7. The van der Waals surface area contributed by atoms with Crippen molar-refractivity contribution in [3.63, 3.8) is 0 Å². The third-order valence-electron chi connectivity index (χ3n) is 3.08. The molecule has 1 fully saturated rings. The number of rotatable bonds is 3. The minimum absolute atomic E-state index is 0.154. The van der Waals surface area contributed by atoms with Crippen LogP contribution in [-0.4, -0.2) is 31.1 Å². The van der Waals surface area contributed by atoms with Crippen LogP contribution < -0.4 is 10.2 Å². The highest BCUT2D eigenvalue weighted by molar-refractivity contribution is 5.57. The normalized spacial score (nSPS) is 15.6. The minimum atomic E-state index is -0.359. The summed E-state index contributed by atoms with van der Waals surface area (Å²) < 4.78 is 0. The Morgan fingerprint density at radius 2 is 2.19 bits per heavy atom. The number of nitrogens with one attached hydrogen (secondary N) is 1. The van der Waals surface area contributed by atoms with Crippen LogP contribution >= 0.6 is 0 Å². The van der Waals surface area contributed by atoms with Gasteiger partial charge in [-0.15, -0.1) is 0 Å². The number of non-ortho nitro benzene ring substituents is 1. The van der Waals surface area contributed by atoms with E-state index in [2.05, 4.69) is 10.2 Å². The van der Waals surface area contributed by atoms with Gasteiger partial charge in [-0.25, -0.2) is 0 Å². The largest absolute Gasteiger partial charge is 0.369 e. The van der Waals surface area contributed by atoms with Gasteiger partial charge in [0.25, 0.3) is 5.69 Å². The Bertz CT molecular complexity index is 416. The molecule has 0 radical (unpaired) electrons. The second-order valence-corrected chi connectivity index (χ2v) is 4.15. The molecule has 1 aromatic rings. The van der Waals surface area contributed by atoms with E-state index in [4.69, 9.17) is 0 Å². The second-order valence-electron chi connectivity index (χ2n) is 4.15. The van der Waals surface area contributed by atoms with E-state index < -0.39 is 0 Å². The summed E-state index contributed by atoms with van der Waals surface area (Å²) in [6.07, 6.45) is 0. The van der Waals surface area contributed by atoms with Gasteiger partial charge in [-0.1, -0.05) is 0 Å². The van der Waals surface area contributed by atoms with Gasteiger partial charge in [-0.2, -0.15) is 0 Å². The van der Waals surface area contributed by atoms with Gasteiger partial charge in [0, 0.05) is 38.0 Å². The van der Waals surface area contributed by atoms with Crippen LogP contribution in [0.1, 0.15) is 5.56 Å². The van der Waals surface area contributed by atoms with Gasteiger partial charge in [-0.05, 0) is 18.6 Å². The molecule has 16 heavy (non-hydrogen) atoms. The summed E-state index contributed by atoms with van der Waals surface area (Å²) in [6, 6.07) is 5.51. The molecule has 0 spiro atoms. The van der Waals surface area contributed by atoms with E-state index in [0.29, 0.717) is 6.04 Å². The predicted octanol–water partition coefficient (Wildman–Crippen LogP) is 1.31. The van der Waals surface area contributed by atoms with Crippen molar-refractivity contribution in [1.82, 2.24) is 5.32 Å². The lowest BCUT2D eigenvalue weighted by atomic mass is 10.1. The molecule has 0 aromatic heterocycles. The van der Waals surface area contributed by atoms with Gasteiger partial charge in [0.2, 0.25) is 0 Å². The first-order chi connectivity index (χ1) is 7.59. The molecule has 0 unspecified atom stereocenters. The maximum atomic E-state index is 10.6. The first-order valence-electron chi connectivity index (χ1n) is 5.28. The quantitative estimate of drug-likeness (QED) is 0.617. The highest BCUT2D eigenvalue weighted by Gasteiger charge is 2.23. The van der Waals surface area contributed by atoms with E-state index in [1.165, 1.54) is 0 Å².